The Labute approximate surface area is 89.2 Å². The molecule has 0 aromatic heterocycles. The summed E-state index contributed by atoms with van der Waals surface area (Å²) in [4.78, 5) is 11.1. The molecule has 0 aliphatic rings. The number of carbonyl (C=O) groups is 1. The summed E-state index contributed by atoms with van der Waals surface area (Å²) in [7, 11) is 1.42. The summed E-state index contributed by atoms with van der Waals surface area (Å²) in [5.74, 6) is -0.190. The Hall–Kier alpha value is -0.650. The fourth-order valence-corrected chi connectivity index (χ4v) is 1.70. The number of hydrogen-bond donors (Lipinski definition) is 0. The van der Waals surface area contributed by atoms with Crippen molar-refractivity contribution in [1.82, 2.24) is 0 Å². The molecule has 13 heavy (non-hydrogen) atoms. The predicted molar refractivity (Wildman–Crippen MR) is 55.7 cm³/mol. The van der Waals surface area contributed by atoms with Crippen LogP contribution in [0.1, 0.15) is 17.3 Å². The molecule has 0 unspecified atom stereocenters. The molecular formula is C9H8FIO2. The molecule has 0 N–H and O–H groups in total. The fraction of sp³-hybridized carbons (Fsp3) is 0.222. The van der Waals surface area contributed by atoms with Crippen molar-refractivity contribution in [3.05, 3.63) is 27.1 Å². The third-order valence-electron chi connectivity index (χ3n) is 1.63. The second-order valence-corrected chi connectivity index (χ2v) is 3.58. The van der Waals surface area contributed by atoms with Crippen molar-refractivity contribution in [2.75, 3.05) is 7.11 Å². The highest BCUT2D eigenvalue weighted by atomic mass is 127. The van der Waals surface area contributed by atoms with Crippen molar-refractivity contribution in [3.63, 3.8) is 0 Å². The quantitative estimate of drug-likeness (QED) is 0.619. The Balaban J connectivity index is 3.38. The van der Waals surface area contributed by atoms with Gasteiger partial charge in [-0.2, -0.15) is 0 Å². The molecular weight excluding hydrogens is 286 g/mol. The van der Waals surface area contributed by atoms with Crippen LogP contribution < -0.4 is 4.74 Å². The van der Waals surface area contributed by atoms with Crippen molar-refractivity contribution in [3.8, 4) is 5.75 Å². The normalized spacial score (nSPS) is 9.85. The van der Waals surface area contributed by atoms with E-state index in [2.05, 4.69) is 0 Å². The van der Waals surface area contributed by atoms with E-state index in [0.717, 1.165) is 0 Å². The second-order valence-electron chi connectivity index (χ2n) is 2.50. The summed E-state index contributed by atoms with van der Waals surface area (Å²) < 4.78 is 18.3. The Kier molecular flexibility index (Phi) is 3.24. The maximum absolute atomic E-state index is 13.0. The van der Waals surface area contributed by atoms with Gasteiger partial charge < -0.3 is 4.74 Å². The van der Waals surface area contributed by atoms with E-state index in [-0.39, 0.29) is 11.6 Å². The van der Waals surface area contributed by atoms with Crippen molar-refractivity contribution < 1.29 is 13.9 Å². The van der Waals surface area contributed by atoms with Gasteiger partial charge in [0, 0.05) is 0 Å². The van der Waals surface area contributed by atoms with Crippen LogP contribution in [0.4, 0.5) is 4.39 Å². The first-order chi connectivity index (χ1) is 6.07. The van der Waals surface area contributed by atoms with Crippen LogP contribution in [0.25, 0.3) is 0 Å². The van der Waals surface area contributed by atoms with Gasteiger partial charge in [-0.1, -0.05) is 0 Å². The largest absolute Gasteiger partial charge is 0.495 e. The maximum Gasteiger partial charge on any atom is 0.163 e. The number of halogens is 2. The molecule has 0 aliphatic carbocycles. The van der Waals surface area contributed by atoms with Gasteiger partial charge >= 0.3 is 0 Å². The van der Waals surface area contributed by atoms with Gasteiger partial charge in [-0.05, 0) is 41.6 Å². The Morgan fingerprint density at radius 2 is 2.15 bits per heavy atom. The minimum Gasteiger partial charge on any atom is -0.495 e. The number of carbonyl (C=O) groups excluding carboxylic acids is 1. The van der Waals surface area contributed by atoms with Crippen molar-refractivity contribution in [2.24, 2.45) is 0 Å². The van der Waals surface area contributed by atoms with Gasteiger partial charge in [-0.25, -0.2) is 4.39 Å². The average Bonchev–Trinajstić information content (AvgIpc) is 2.09. The number of benzene rings is 1. The molecule has 1 aromatic rings. The third kappa shape index (κ3) is 1.99. The zero-order valence-corrected chi connectivity index (χ0v) is 9.38. The molecule has 0 spiro atoms. The second kappa shape index (κ2) is 4.04. The Bertz CT molecular complexity index is 350. The average molecular weight is 294 g/mol. The van der Waals surface area contributed by atoms with E-state index >= 15 is 0 Å². The molecule has 2 nitrogen and oxygen atoms in total. The molecule has 1 aromatic carbocycles. The molecule has 0 bridgehead atoms. The van der Waals surface area contributed by atoms with Gasteiger partial charge in [0.15, 0.2) is 5.78 Å². The number of methoxy groups -OCH3 is 1. The lowest BCUT2D eigenvalue weighted by molar-refractivity contribution is 0.101. The lowest BCUT2D eigenvalue weighted by atomic mass is 10.1. The van der Waals surface area contributed by atoms with E-state index in [4.69, 9.17) is 4.74 Å². The first kappa shape index (κ1) is 10.4. The Morgan fingerprint density at radius 3 is 2.62 bits per heavy atom. The van der Waals surface area contributed by atoms with Gasteiger partial charge in [0.2, 0.25) is 0 Å². The van der Waals surface area contributed by atoms with Gasteiger partial charge in [0.1, 0.15) is 11.6 Å². The van der Waals surface area contributed by atoms with E-state index in [1.807, 2.05) is 22.6 Å². The lowest BCUT2D eigenvalue weighted by Gasteiger charge is -2.07. The zero-order chi connectivity index (χ0) is 10.0. The van der Waals surface area contributed by atoms with Crippen LogP contribution in [0, 0.1) is 9.39 Å². The zero-order valence-electron chi connectivity index (χ0n) is 7.23. The molecule has 70 valence electrons. The van der Waals surface area contributed by atoms with E-state index in [9.17, 15) is 9.18 Å². The minimum atomic E-state index is -0.373. The van der Waals surface area contributed by atoms with Crippen molar-refractivity contribution in [2.45, 2.75) is 6.92 Å². The molecule has 0 aliphatic heterocycles. The lowest BCUT2D eigenvalue weighted by Crippen LogP contribution is -2.01. The van der Waals surface area contributed by atoms with Crippen molar-refractivity contribution in [1.29, 1.82) is 0 Å². The van der Waals surface area contributed by atoms with Crippen molar-refractivity contribution >= 4 is 28.4 Å². The summed E-state index contributed by atoms with van der Waals surface area (Å²) in [5, 5.41) is 0. The topological polar surface area (TPSA) is 26.3 Å². The molecule has 0 amide bonds. The van der Waals surface area contributed by atoms with E-state index < -0.39 is 0 Å². The van der Waals surface area contributed by atoms with Crippen LogP contribution in [-0.2, 0) is 0 Å². The van der Waals surface area contributed by atoms with Gasteiger partial charge in [0.05, 0.1) is 16.2 Å². The van der Waals surface area contributed by atoms with Gasteiger partial charge in [-0.3, -0.25) is 4.79 Å². The van der Waals surface area contributed by atoms with E-state index in [1.54, 1.807) is 0 Å². The maximum atomic E-state index is 13.0. The molecule has 0 saturated heterocycles. The number of ketones is 1. The third-order valence-corrected chi connectivity index (χ3v) is 2.64. The molecule has 0 radical (unpaired) electrons. The monoisotopic (exact) mass is 294 g/mol. The minimum absolute atomic E-state index is 0.130. The smallest absolute Gasteiger partial charge is 0.163 e. The Morgan fingerprint density at radius 1 is 1.54 bits per heavy atom. The van der Waals surface area contributed by atoms with E-state index in [0.29, 0.717) is 14.9 Å². The SMILES string of the molecule is COc1c(C(C)=O)ccc(F)c1I. The van der Waals surface area contributed by atoms with Crippen LogP contribution in [0.15, 0.2) is 12.1 Å². The van der Waals surface area contributed by atoms with Gasteiger partial charge in [0.25, 0.3) is 0 Å². The van der Waals surface area contributed by atoms with Crippen LogP contribution >= 0.6 is 22.6 Å². The summed E-state index contributed by atoms with van der Waals surface area (Å²) >= 11 is 1.81. The molecule has 0 fully saturated rings. The van der Waals surface area contributed by atoms with Crippen LogP contribution in [0.2, 0.25) is 0 Å². The molecule has 0 atom stereocenters. The predicted octanol–water partition coefficient (Wildman–Crippen LogP) is 2.64. The highest BCUT2D eigenvalue weighted by Gasteiger charge is 2.14. The van der Waals surface area contributed by atoms with E-state index in [1.165, 1.54) is 26.2 Å². The van der Waals surface area contributed by atoms with Crippen LogP contribution in [0.3, 0.4) is 0 Å². The fourth-order valence-electron chi connectivity index (χ4n) is 1.01. The molecule has 4 heteroatoms. The summed E-state index contributed by atoms with van der Waals surface area (Å²) in [5.41, 5.74) is 0.410. The van der Waals surface area contributed by atoms with Crippen LogP contribution in [-0.4, -0.2) is 12.9 Å². The number of rotatable bonds is 2. The summed E-state index contributed by atoms with van der Waals surface area (Å²) in [6, 6.07) is 2.69. The summed E-state index contributed by atoms with van der Waals surface area (Å²) in [6.45, 7) is 1.42. The highest BCUT2D eigenvalue weighted by Crippen LogP contribution is 2.27. The summed E-state index contributed by atoms with van der Waals surface area (Å²) in [6.07, 6.45) is 0. The number of ether oxygens (including phenoxy) is 1. The van der Waals surface area contributed by atoms with Crippen LogP contribution in [0.5, 0.6) is 5.75 Å². The molecule has 0 saturated carbocycles. The molecule has 1 rings (SSSR count). The van der Waals surface area contributed by atoms with Gasteiger partial charge in [-0.15, -0.1) is 0 Å². The standard InChI is InChI=1S/C9H8FIO2/c1-5(12)6-3-4-7(10)8(11)9(6)13-2/h3-4H,1-2H3. The first-order valence-electron chi connectivity index (χ1n) is 3.61. The first-order valence-corrected chi connectivity index (χ1v) is 4.68. The highest BCUT2D eigenvalue weighted by molar-refractivity contribution is 14.1. The number of Topliss-reactive ketones (excluding diaryl/α,β-unsaturated/α-hetero) is 1. The number of hydrogen-bond acceptors (Lipinski definition) is 2. The molecule has 0 heterocycles.